The van der Waals surface area contributed by atoms with Crippen molar-refractivity contribution in [2.24, 2.45) is 0 Å². The maximum Gasteiger partial charge on any atom is 0.258 e. The van der Waals surface area contributed by atoms with Crippen LogP contribution in [0.25, 0.3) is 0 Å². The molecule has 130 valence electrons. The normalized spacial score (nSPS) is 17.1. The molecule has 6 nitrogen and oxygen atoms in total. The zero-order valence-corrected chi connectivity index (χ0v) is 14.4. The molecule has 1 amide bonds. The van der Waals surface area contributed by atoms with Gasteiger partial charge in [0.15, 0.2) is 0 Å². The molecule has 0 bridgehead atoms. The van der Waals surface area contributed by atoms with Gasteiger partial charge < -0.3 is 14.5 Å². The maximum absolute atomic E-state index is 13.0. The molecule has 25 heavy (non-hydrogen) atoms. The molecule has 2 aromatic rings. The molecular weight excluding hydrogens is 316 g/mol. The first-order chi connectivity index (χ1) is 12.2. The first kappa shape index (κ1) is 16.0. The van der Waals surface area contributed by atoms with E-state index in [1.54, 1.807) is 0 Å². The summed E-state index contributed by atoms with van der Waals surface area (Å²) in [6.45, 7) is 6.34. The second kappa shape index (κ2) is 6.80. The Kier molecular flexibility index (Phi) is 4.36. The number of nitrogens with zero attached hydrogens (tertiary/aromatic N) is 4. The highest BCUT2D eigenvalue weighted by Crippen LogP contribution is 2.30. The highest BCUT2D eigenvalue weighted by molar-refractivity contribution is 6.03. The SMILES string of the molecule is Cc1ccnc(CCN2Cc3nccc(N4CCOCC4)c3C2=O)c1. The van der Waals surface area contributed by atoms with Crippen LogP contribution in [0.5, 0.6) is 0 Å². The summed E-state index contributed by atoms with van der Waals surface area (Å²) in [4.78, 5) is 25.9. The molecule has 0 N–H and O–H groups in total. The van der Waals surface area contributed by atoms with Gasteiger partial charge in [0.25, 0.3) is 5.91 Å². The zero-order chi connectivity index (χ0) is 17.2. The average molecular weight is 338 g/mol. The minimum Gasteiger partial charge on any atom is -0.378 e. The number of aromatic nitrogens is 2. The standard InChI is InChI=1S/C19H22N4O2/c1-14-2-5-20-15(12-14)4-7-23-13-16-18(19(23)24)17(3-6-21-16)22-8-10-25-11-9-22/h2-3,5-6,12H,4,7-11,13H2,1H3. The molecule has 4 heterocycles. The average Bonchev–Trinajstić information content (AvgIpc) is 2.97. The Morgan fingerprint density at radius 1 is 1.16 bits per heavy atom. The quantitative estimate of drug-likeness (QED) is 0.851. The molecule has 2 aliphatic heterocycles. The van der Waals surface area contributed by atoms with E-state index in [2.05, 4.69) is 27.9 Å². The molecule has 0 unspecified atom stereocenters. The molecular formula is C19H22N4O2. The number of morpholine rings is 1. The van der Waals surface area contributed by atoms with Gasteiger partial charge in [-0.2, -0.15) is 0 Å². The lowest BCUT2D eigenvalue weighted by atomic mass is 10.1. The fourth-order valence-corrected chi connectivity index (χ4v) is 3.49. The van der Waals surface area contributed by atoms with E-state index in [9.17, 15) is 4.79 Å². The van der Waals surface area contributed by atoms with Gasteiger partial charge in [-0.05, 0) is 30.7 Å². The fraction of sp³-hybridized carbons (Fsp3) is 0.421. The topological polar surface area (TPSA) is 58.6 Å². The third-order valence-electron chi connectivity index (χ3n) is 4.81. The molecule has 2 aliphatic rings. The molecule has 0 aliphatic carbocycles. The summed E-state index contributed by atoms with van der Waals surface area (Å²) >= 11 is 0. The van der Waals surface area contributed by atoms with Crippen LogP contribution in [0.2, 0.25) is 0 Å². The zero-order valence-electron chi connectivity index (χ0n) is 14.4. The van der Waals surface area contributed by atoms with Crippen LogP contribution in [0.15, 0.2) is 30.6 Å². The number of rotatable bonds is 4. The van der Waals surface area contributed by atoms with Crippen LogP contribution in [-0.2, 0) is 17.7 Å². The maximum atomic E-state index is 13.0. The third kappa shape index (κ3) is 3.22. The Morgan fingerprint density at radius 3 is 2.76 bits per heavy atom. The van der Waals surface area contributed by atoms with Gasteiger partial charge in [0.2, 0.25) is 0 Å². The van der Waals surface area contributed by atoms with E-state index >= 15 is 0 Å². The molecule has 4 rings (SSSR count). The number of hydrogen-bond donors (Lipinski definition) is 0. The first-order valence-electron chi connectivity index (χ1n) is 8.74. The van der Waals surface area contributed by atoms with E-state index in [0.717, 1.165) is 42.1 Å². The smallest absolute Gasteiger partial charge is 0.258 e. The van der Waals surface area contributed by atoms with E-state index in [-0.39, 0.29) is 5.91 Å². The molecule has 0 radical (unpaired) electrons. The highest BCUT2D eigenvalue weighted by Gasteiger charge is 2.32. The minimum absolute atomic E-state index is 0.0808. The van der Waals surface area contributed by atoms with E-state index in [0.29, 0.717) is 26.3 Å². The summed E-state index contributed by atoms with van der Waals surface area (Å²) in [5, 5.41) is 0. The monoisotopic (exact) mass is 338 g/mol. The number of aryl methyl sites for hydroxylation is 1. The Labute approximate surface area is 147 Å². The van der Waals surface area contributed by atoms with Gasteiger partial charge in [-0.1, -0.05) is 0 Å². The molecule has 6 heteroatoms. The summed E-state index contributed by atoms with van der Waals surface area (Å²) < 4.78 is 5.43. The summed E-state index contributed by atoms with van der Waals surface area (Å²) in [5.41, 5.74) is 4.85. The van der Waals surface area contributed by atoms with Crippen LogP contribution in [0.1, 0.15) is 27.3 Å². The number of ether oxygens (including phenoxy) is 1. The van der Waals surface area contributed by atoms with Crippen molar-refractivity contribution >= 4 is 11.6 Å². The minimum atomic E-state index is 0.0808. The number of fused-ring (bicyclic) bond motifs is 1. The Bertz CT molecular complexity index is 787. The molecule has 0 saturated carbocycles. The van der Waals surface area contributed by atoms with Gasteiger partial charge in [0.05, 0.1) is 36.7 Å². The third-order valence-corrected chi connectivity index (χ3v) is 4.81. The van der Waals surface area contributed by atoms with Gasteiger partial charge in [-0.15, -0.1) is 0 Å². The van der Waals surface area contributed by atoms with Crippen LogP contribution < -0.4 is 4.90 Å². The Hall–Kier alpha value is -2.47. The second-order valence-electron chi connectivity index (χ2n) is 6.55. The summed E-state index contributed by atoms with van der Waals surface area (Å²) in [7, 11) is 0. The molecule has 2 aromatic heterocycles. The molecule has 0 spiro atoms. The predicted octanol–water partition coefficient (Wildman–Crippen LogP) is 1.82. The lowest BCUT2D eigenvalue weighted by Gasteiger charge is -2.30. The summed E-state index contributed by atoms with van der Waals surface area (Å²) in [6.07, 6.45) is 4.39. The largest absolute Gasteiger partial charge is 0.378 e. The fourth-order valence-electron chi connectivity index (χ4n) is 3.49. The molecule has 0 aromatic carbocycles. The van der Waals surface area contributed by atoms with E-state index in [1.165, 1.54) is 5.56 Å². The van der Waals surface area contributed by atoms with Crippen molar-refractivity contribution in [1.29, 1.82) is 0 Å². The number of carbonyl (C=O) groups excluding carboxylic acids is 1. The van der Waals surface area contributed by atoms with E-state index in [1.807, 2.05) is 29.4 Å². The highest BCUT2D eigenvalue weighted by atomic mass is 16.5. The van der Waals surface area contributed by atoms with E-state index in [4.69, 9.17) is 4.74 Å². The van der Waals surface area contributed by atoms with Crippen LogP contribution >= 0.6 is 0 Å². The van der Waals surface area contributed by atoms with Crippen molar-refractivity contribution in [2.45, 2.75) is 19.9 Å². The van der Waals surface area contributed by atoms with Gasteiger partial charge in [0, 0.05) is 44.1 Å². The van der Waals surface area contributed by atoms with E-state index < -0.39 is 0 Å². The van der Waals surface area contributed by atoms with Crippen molar-refractivity contribution in [3.05, 3.63) is 53.1 Å². The number of amides is 1. The Balaban J connectivity index is 1.51. The van der Waals surface area contributed by atoms with Crippen LogP contribution in [0.3, 0.4) is 0 Å². The summed E-state index contributed by atoms with van der Waals surface area (Å²) in [5.74, 6) is 0.0808. The second-order valence-corrected chi connectivity index (χ2v) is 6.55. The van der Waals surface area contributed by atoms with Crippen LogP contribution in [-0.4, -0.2) is 53.6 Å². The van der Waals surface area contributed by atoms with Crippen molar-refractivity contribution in [1.82, 2.24) is 14.9 Å². The van der Waals surface area contributed by atoms with Gasteiger partial charge >= 0.3 is 0 Å². The number of carbonyl (C=O) groups is 1. The summed E-state index contributed by atoms with van der Waals surface area (Å²) in [6, 6.07) is 6.01. The lowest BCUT2D eigenvalue weighted by molar-refractivity contribution is 0.0779. The number of hydrogen-bond acceptors (Lipinski definition) is 5. The molecule has 1 saturated heterocycles. The van der Waals surface area contributed by atoms with Crippen LogP contribution in [0.4, 0.5) is 5.69 Å². The molecule has 1 fully saturated rings. The van der Waals surface area contributed by atoms with Crippen molar-refractivity contribution in [3.8, 4) is 0 Å². The van der Waals surface area contributed by atoms with Gasteiger partial charge in [-0.3, -0.25) is 14.8 Å². The predicted molar refractivity (Wildman–Crippen MR) is 94.7 cm³/mol. The Morgan fingerprint density at radius 2 is 1.96 bits per heavy atom. The van der Waals surface area contributed by atoms with Crippen molar-refractivity contribution < 1.29 is 9.53 Å². The first-order valence-corrected chi connectivity index (χ1v) is 8.74. The molecule has 0 atom stereocenters. The van der Waals surface area contributed by atoms with Gasteiger partial charge in [0.1, 0.15) is 0 Å². The number of pyridine rings is 2. The van der Waals surface area contributed by atoms with Crippen LogP contribution in [0, 0.1) is 6.92 Å². The lowest BCUT2D eigenvalue weighted by Crippen LogP contribution is -2.37. The van der Waals surface area contributed by atoms with Gasteiger partial charge in [-0.25, -0.2) is 0 Å². The van der Waals surface area contributed by atoms with Crippen molar-refractivity contribution in [2.75, 3.05) is 37.7 Å². The number of anilines is 1. The van der Waals surface area contributed by atoms with Crippen molar-refractivity contribution in [3.63, 3.8) is 0 Å².